The van der Waals surface area contributed by atoms with Crippen LogP contribution in [0.25, 0.3) is 11.1 Å². The summed E-state index contributed by atoms with van der Waals surface area (Å²) < 4.78 is 5.75. The molecular weight excluding hydrogens is 212 g/mol. The molecule has 1 atom stereocenters. The molecule has 1 aliphatic carbocycles. The molecule has 1 heterocycles. The number of aromatic nitrogens is 1. The lowest BCUT2D eigenvalue weighted by Crippen LogP contribution is -2.23. The van der Waals surface area contributed by atoms with Gasteiger partial charge in [0, 0.05) is 0 Å². The van der Waals surface area contributed by atoms with Crippen molar-refractivity contribution in [1.82, 2.24) is 4.98 Å². The van der Waals surface area contributed by atoms with E-state index in [0.29, 0.717) is 11.8 Å². The molecule has 90 valence electrons. The van der Waals surface area contributed by atoms with E-state index in [4.69, 9.17) is 10.2 Å². The highest BCUT2D eigenvalue weighted by Gasteiger charge is 2.25. The summed E-state index contributed by atoms with van der Waals surface area (Å²) in [7, 11) is 0. The molecule has 1 fully saturated rings. The van der Waals surface area contributed by atoms with Crippen molar-refractivity contribution in [3.63, 3.8) is 0 Å². The first-order chi connectivity index (χ1) is 8.34. The van der Waals surface area contributed by atoms with Crippen molar-refractivity contribution in [2.24, 2.45) is 11.7 Å². The van der Waals surface area contributed by atoms with Crippen LogP contribution in [-0.2, 0) is 0 Å². The van der Waals surface area contributed by atoms with Gasteiger partial charge in [-0.25, -0.2) is 4.98 Å². The number of fused-ring (bicyclic) bond motifs is 1. The predicted octanol–water partition coefficient (Wildman–Crippen LogP) is 3.41. The van der Waals surface area contributed by atoms with Crippen LogP contribution in [0, 0.1) is 5.92 Å². The van der Waals surface area contributed by atoms with Crippen molar-refractivity contribution in [2.45, 2.75) is 38.1 Å². The Balaban J connectivity index is 1.86. The Bertz CT molecular complexity index is 467. The second-order valence-electron chi connectivity index (χ2n) is 4.94. The molecule has 1 aromatic heterocycles. The van der Waals surface area contributed by atoms with Gasteiger partial charge in [-0.3, -0.25) is 0 Å². The van der Waals surface area contributed by atoms with Crippen molar-refractivity contribution < 1.29 is 4.42 Å². The SMILES string of the molecule is NC(c1nc2ccccc2o1)C1CCCCC1. The van der Waals surface area contributed by atoms with E-state index >= 15 is 0 Å². The topological polar surface area (TPSA) is 52.0 Å². The quantitative estimate of drug-likeness (QED) is 0.860. The lowest BCUT2D eigenvalue weighted by Gasteiger charge is -2.25. The van der Waals surface area contributed by atoms with Crippen LogP contribution < -0.4 is 5.73 Å². The highest BCUT2D eigenvalue weighted by atomic mass is 16.3. The van der Waals surface area contributed by atoms with Gasteiger partial charge < -0.3 is 10.2 Å². The Morgan fingerprint density at radius 1 is 1.18 bits per heavy atom. The molecule has 0 spiro atoms. The molecule has 0 radical (unpaired) electrons. The first kappa shape index (κ1) is 10.8. The molecule has 0 saturated heterocycles. The zero-order valence-corrected chi connectivity index (χ0v) is 9.93. The van der Waals surface area contributed by atoms with Crippen LogP contribution in [0.4, 0.5) is 0 Å². The van der Waals surface area contributed by atoms with E-state index in [1.165, 1.54) is 32.1 Å². The standard InChI is InChI=1S/C14H18N2O/c15-13(10-6-2-1-3-7-10)14-16-11-8-4-5-9-12(11)17-14/h4-5,8-10,13H,1-3,6-7,15H2. The van der Waals surface area contributed by atoms with Crippen molar-refractivity contribution in [3.05, 3.63) is 30.2 Å². The number of nitrogens with two attached hydrogens (primary N) is 1. The molecule has 0 aliphatic heterocycles. The zero-order valence-electron chi connectivity index (χ0n) is 9.93. The van der Waals surface area contributed by atoms with Gasteiger partial charge in [0.25, 0.3) is 0 Å². The molecule has 17 heavy (non-hydrogen) atoms. The zero-order chi connectivity index (χ0) is 11.7. The van der Waals surface area contributed by atoms with Crippen LogP contribution in [0.15, 0.2) is 28.7 Å². The average molecular weight is 230 g/mol. The van der Waals surface area contributed by atoms with Crippen LogP contribution >= 0.6 is 0 Å². The fraction of sp³-hybridized carbons (Fsp3) is 0.500. The molecule has 2 aromatic rings. The van der Waals surface area contributed by atoms with E-state index in [0.717, 1.165) is 11.1 Å². The fourth-order valence-corrected chi connectivity index (χ4v) is 2.73. The maximum absolute atomic E-state index is 6.28. The number of rotatable bonds is 2. The summed E-state index contributed by atoms with van der Waals surface area (Å²) in [5.74, 6) is 1.25. The number of hydrogen-bond acceptors (Lipinski definition) is 3. The minimum atomic E-state index is -0.0392. The van der Waals surface area contributed by atoms with Gasteiger partial charge in [0.1, 0.15) is 5.52 Å². The summed E-state index contributed by atoms with van der Waals surface area (Å²) in [6.45, 7) is 0. The summed E-state index contributed by atoms with van der Waals surface area (Å²) in [6.07, 6.45) is 6.34. The summed E-state index contributed by atoms with van der Waals surface area (Å²) >= 11 is 0. The van der Waals surface area contributed by atoms with Crippen LogP contribution in [0.3, 0.4) is 0 Å². The molecule has 3 heteroatoms. The normalized spacial score (nSPS) is 19.6. The highest BCUT2D eigenvalue weighted by Crippen LogP contribution is 2.33. The highest BCUT2D eigenvalue weighted by molar-refractivity contribution is 5.72. The van der Waals surface area contributed by atoms with E-state index in [1.807, 2.05) is 24.3 Å². The summed E-state index contributed by atoms with van der Waals surface area (Å²) in [5, 5.41) is 0. The Labute approximate surface area is 101 Å². The summed E-state index contributed by atoms with van der Waals surface area (Å²) in [6, 6.07) is 7.81. The fourth-order valence-electron chi connectivity index (χ4n) is 2.73. The van der Waals surface area contributed by atoms with Gasteiger partial charge in [-0.2, -0.15) is 0 Å². The third-order valence-corrected chi connectivity index (χ3v) is 3.75. The number of para-hydroxylation sites is 2. The number of benzene rings is 1. The minimum Gasteiger partial charge on any atom is -0.439 e. The second-order valence-corrected chi connectivity index (χ2v) is 4.94. The van der Waals surface area contributed by atoms with Gasteiger partial charge >= 0.3 is 0 Å². The molecule has 1 unspecified atom stereocenters. The van der Waals surface area contributed by atoms with E-state index in [1.54, 1.807) is 0 Å². The van der Waals surface area contributed by atoms with Crippen LogP contribution in [-0.4, -0.2) is 4.98 Å². The summed E-state index contributed by atoms with van der Waals surface area (Å²) in [4.78, 5) is 4.50. The van der Waals surface area contributed by atoms with Gasteiger partial charge in [-0.15, -0.1) is 0 Å². The lowest BCUT2D eigenvalue weighted by atomic mass is 9.84. The molecule has 2 N–H and O–H groups in total. The monoisotopic (exact) mass is 230 g/mol. The minimum absolute atomic E-state index is 0.0392. The Kier molecular flexibility index (Phi) is 2.85. The van der Waals surface area contributed by atoms with Crippen LogP contribution in [0.5, 0.6) is 0 Å². The lowest BCUT2D eigenvalue weighted by molar-refractivity contribution is 0.278. The number of oxazole rings is 1. The van der Waals surface area contributed by atoms with Crippen molar-refractivity contribution in [2.75, 3.05) is 0 Å². The molecule has 0 bridgehead atoms. The van der Waals surface area contributed by atoms with Crippen molar-refractivity contribution >= 4 is 11.1 Å². The van der Waals surface area contributed by atoms with E-state index in [2.05, 4.69) is 4.98 Å². The first-order valence-corrected chi connectivity index (χ1v) is 6.45. The average Bonchev–Trinajstić information content (AvgIpc) is 2.82. The largest absolute Gasteiger partial charge is 0.439 e. The second kappa shape index (κ2) is 4.49. The Morgan fingerprint density at radius 3 is 2.71 bits per heavy atom. The molecule has 0 amide bonds. The van der Waals surface area contributed by atoms with Crippen LogP contribution in [0.2, 0.25) is 0 Å². The molecular formula is C14H18N2O. The van der Waals surface area contributed by atoms with E-state index in [-0.39, 0.29) is 6.04 Å². The van der Waals surface area contributed by atoms with Crippen molar-refractivity contribution in [3.8, 4) is 0 Å². The maximum atomic E-state index is 6.28. The Morgan fingerprint density at radius 2 is 1.94 bits per heavy atom. The molecule has 3 nitrogen and oxygen atoms in total. The van der Waals surface area contributed by atoms with E-state index in [9.17, 15) is 0 Å². The van der Waals surface area contributed by atoms with Crippen LogP contribution in [0.1, 0.15) is 44.0 Å². The van der Waals surface area contributed by atoms with Crippen molar-refractivity contribution in [1.29, 1.82) is 0 Å². The third-order valence-electron chi connectivity index (χ3n) is 3.75. The number of nitrogens with zero attached hydrogens (tertiary/aromatic N) is 1. The molecule has 1 saturated carbocycles. The number of hydrogen-bond donors (Lipinski definition) is 1. The molecule has 3 rings (SSSR count). The van der Waals surface area contributed by atoms with Gasteiger partial charge in [-0.1, -0.05) is 31.4 Å². The first-order valence-electron chi connectivity index (χ1n) is 6.45. The van der Waals surface area contributed by atoms with Gasteiger partial charge in [-0.05, 0) is 30.9 Å². The third kappa shape index (κ3) is 2.07. The van der Waals surface area contributed by atoms with Gasteiger partial charge in [0.05, 0.1) is 6.04 Å². The van der Waals surface area contributed by atoms with Gasteiger partial charge in [0.15, 0.2) is 5.58 Å². The maximum Gasteiger partial charge on any atom is 0.212 e. The predicted molar refractivity (Wildman–Crippen MR) is 67.5 cm³/mol. The summed E-state index contributed by atoms with van der Waals surface area (Å²) in [5.41, 5.74) is 8.03. The smallest absolute Gasteiger partial charge is 0.212 e. The van der Waals surface area contributed by atoms with Gasteiger partial charge in [0.2, 0.25) is 5.89 Å². The molecule has 1 aliphatic rings. The molecule has 1 aromatic carbocycles. The van der Waals surface area contributed by atoms with E-state index < -0.39 is 0 Å². The Hall–Kier alpha value is -1.35.